The van der Waals surface area contributed by atoms with Crippen LogP contribution in [0.1, 0.15) is 126 Å². The summed E-state index contributed by atoms with van der Waals surface area (Å²) in [4.78, 5) is 0. The third-order valence-electron chi connectivity index (χ3n) is 13.2. The largest absolute Gasteiger partial charge is 0.491 e. The summed E-state index contributed by atoms with van der Waals surface area (Å²) in [7, 11) is 0. The molecule has 4 nitrogen and oxygen atoms in total. The highest BCUT2D eigenvalue weighted by atomic mass is 16.5. The highest BCUT2D eigenvalue weighted by Gasteiger charge is 2.47. The Morgan fingerprint density at radius 1 is 0.509 bits per heavy atom. The van der Waals surface area contributed by atoms with E-state index in [0.29, 0.717) is 39.6 Å². The minimum atomic E-state index is -0.585. The molecule has 2 aliphatic rings. The molecular weight excluding hydrogens is 701 g/mol. The maximum Gasteiger partial charge on any atom is 0.119 e. The average molecular weight is 765 g/mol. The van der Waals surface area contributed by atoms with Gasteiger partial charge in [-0.2, -0.15) is 0 Å². The minimum absolute atomic E-state index is 0.0181. The average Bonchev–Trinajstić information content (AvgIpc) is 3.53. The summed E-state index contributed by atoms with van der Waals surface area (Å²) in [6.45, 7) is 21.8. The van der Waals surface area contributed by atoms with Gasteiger partial charge < -0.3 is 18.9 Å². The van der Waals surface area contributed by atoms with Crippen molar-refractivity contribution in [1.82, 2.24) is 0 Å². The predicted octanol–water partition coefficient (Wildman–Crippen LogP) is 12.8. The Bertz CT molecular complexity index is 2080. The lowest BCUT2D eigenvalue weighted by Gasteiger charge is -2.35. The summed E-state index contributed by atoms with van der Waals surface area (Å²) in [5, 5.41) is 0. The van der Waals surface area contributed by atoms with Gasteiger partial charge in [-0.3, -0.25) is 0 Å². The van der Waals surface area contributed by atoms with Crippen molar-refractivity contribution in [2.75, 3.05) is 39.6 Å². The molecule has 0 heterocycles. The van der Waals surface area contributed by atoms with Gasteiger partial charge in [0, 0.05) is 13.2 Å². The molecule has 2 aliphatic carbocycles. The van der Waals surface area contributed by atoms with E-state index in [1.54, 1.807) is 11.1 Å². The zero-order chi connectivity index (χ0) is 40.2. The van der Waals surface area contributed by atoms with Gasteiger partial charge in [-0.05, 0) is 160 Å². The first-order chi connectivity index (χ1) is 27.6. The maximum absolute atomic E-state index is 6.17. The first-order valence-electron chi connectivity index (χ1n) is 21.7. The number of hydrogen-bond acceptors (Lipinski definition) is 4. The summed E-state index contributed by atoms with van der Waals surface area (Å²) in [5.41, 5.74) is 16.0. The van der Waals surface area contributed by atoms with E-state index >= 15 is 0 Å². The molecule has 0 atom stereocenters. The van der Waals surface area contributed by atoms with Crippen LogP contribution < -0.4 is 9.47 Å². The van der Waals surface area contributed by atoms with Crippen LogP contribution >= 0.6 is 0 Å². The van der Waals surface area contributed by atoms with E-state index in [9.17, 15) is 0 Å². The van der Waals surface area contributed by atoms with Gasteiger partial charge >= 0.3 is 0 Å². The molecule has 0 aromatic heterocycles. The SMILES string of the molecule is CCOCCOc1ccc(C2(c3ccc(OCCOCC)cc3)c3cc(-c4ccc(C(C)(C)CC)c5c4CCCC5)ccc3-c3ccc(C(C)(C)CC)cc32)cc1. The number of rotatable bonds is 17. The topological polar surface area (TPSA) is 36.9 Å². The van der Waals surface area contributed by atoms with Crippen LogP contribution in [0.5, 0.6) is 11.5 Å². The van der Waals surface area contributed by atoms with Crippen LogP contribution in [0.4, 0.5) is 0 Å². The molecule has 0 spiro atoms. The second-order valence-electron chi connectivity index (χ2n) is 17.2. The van der Waals surface area contributed by atoms with E-state index < -0.39 is 5.41 Å². The van der Waals surface area contributed by atoms with Crippen molar-refractivity contribution in [2.24, 2.45) is 0 Å². The molecule has 5 aromatic carbocycles. The Morgan fingerprint density at radius 2 is 1.02 bits per heavy atom. The van der Waals surface area contributed by atoms with E-state index in [0.717, 1.165) is 37.2 Å². The standard InChI is InChI=1S/C53H64O4/c1-9-51(5,6)40-22-28-47-46-27-17-37(43-29-30-48(52(7,8)10-2)45-16-14-13-15-44(43)45)35-49(46)53(50(47)36-40,38-18-23-41(24-19-38)56-33-31-54-11-3)39-20-25-42(26-21-39)57-34-32-55-12-4/h17-30,35-36H,9-16,31-34H2,1-8H3. The van der Waals surface area contributed by atoms with Gasteiger partial charge in [-0.1, -0.05) is 108 Å². The molecule has 0 saturated heterocycles. The van der Waals surface area contributed by atoms with E-state index in [1.807, 2.05) is 13.8 Å². The van der Waals surface area contributed by atoms with Crippen LogP contribution in [0.25, 0.3) is 22.3 Å². The second kappa shape index (κ2) is 17.2. The first-order valence-corrected chi connectivity index (χ1v) is 21.7. The van der Waals surface area contributed by atoms with Crippen molar-refractivity contribution in [3.63, 3.8) is 0 Å². The van der Waals surface area contributed by atoms with Crippen molar-refractivity contribution in [2.45, 2.75) is 110 Å². The van der Waals surface area contributed by atoms with E-state index in [-0.39, 0.29) is 10.8 Å². The molecule has 0 radical (unpaired) electrons. The Labute approximate surface area is 342 Å². The van der Waals surface area contributed by atoms with Crippen LogP contribution in [-0.4, -0.2) is 39.6 Å². The van der Waals surface area contributed by atoms with Crippen LogP contribution in [0.15, 0.2) is 97.1 Å². The number of hydrogen-bond donors (Lipinski definition) is 0. The Balaban J connectivity index is 1.46. The number of fused-ring (bicyclic) bond motifs is 4. The van der Waals surface area contributed by atoms with E-state index in [1.165, 1.54) is 68.5 Å². The van der Waals surface area contributed by atoms with Crippen molar-refractivity contribution < 1.29 is 18.9 Å². The minimum Gasteiger partial charge on any atom is -0.491 e. The first kappa shape index (κ1) is 40.8. The lowest BCUT2D eigenvalue weighted by Crippen LogP contribution is -2.29. The zero-order valence-corrected chi connectivity index (χ0v) is 35.9. The molecule has 0 aliphatic heterocycles. The lowest BCUT2D eigenvalue weighted by molar-refractivity contribution is 0.110. The van der Waals surface area contributed by atoms with E-state index in [2.05, 4.69) is 139 Å². The molecule has 4 heteroatoms. The van der Waals surface area contributed by atoms with E-state index in [4.69, 9.17) is 18.9 Å². The summed E-state index contributed by atoms with van der Waals surface area (Å²) in [5.74, 6) is 1.70. The molecule has 0 saturated carbocycles. The molecule has 0 amide bonds. The third kappa shape index (κ3) is 7.80. The molecule has 7 rings (SSSR count). The highest BCUT2D eigenvalue weighted by Crippen LogP contribution is 2.58. The molecule has 300 valence electrons. The van der Waals surface area contributed by atoms with Crippen LogP contribution in [0, 0.1) is 0 Å². The van der Waals surface area contributed by atoms with Crippen LogP contribution in [-0.2, 0) is 38.6 Å². The van der Waals surface area contributed by atoms with Gasteiger partial charge in [-0.15, -0.1) is 0 Å². The van der Waals surface area contributed by atoms with Crippen LogP contribution in [0.2, 0.25) is 0 Å². The smallest absolute Gasteiger partial charge is 0.119 e. The fourth-order valence-corrected chi connectivity index (χ4v) is 9.20. The van der Waals surface area contributed by atoms with Gasteiger partial charge in [0.1, 0.15) is 24.7 Å². The predicted molar refractivity (Wildman–Crippen MR) is 236 cm³/mol. The van der Waals surface area contributed by atoms with Crippen molar-refractivity contribution in [3.8, 4) is 33.8 Å². The zero-order valence-electron chi connectivity index (χ0n) is 35.9. The molecule has 0 N–H and O–H groups in total. The lowest BCUT2D eigenvalue weighted by atomic mass is 9.66. The van der Waals surface area contributed by atoms with Crippen LogP contribution in [0.3, 0.4) is 0 Å². The molecule has 0 bridgehead atoms. The third-order valence-corrected chi connectivity index (χ3v) is 13.2. The fraction of sp³-hybridized carbons (Fsp3) is 0.434. The molecule has 0 fully saturated rings. The normalized spacial score (nSPS) is 14.5. The van der Waals surface area contributed by atoms with Gasteiger partial charge in [0.15, 0.2) is 0 Å². The van der Waals surface area contributed by atoms with Gasteiger partial charge in [0.25, 0.3) is 0 Å². The van der Waals surface area contributed by atoms with Gasteiger partial charge in [-0.25, -0.2) is 0 Å². The monoisotopic (exact) mass is 764 g/mol. The molecule has 5 aromatic rings. The molecular formula is C53H64O4. The number of ether oxygens (including phenoxy) is 4. The van der Waals surface area contributed by atoms with Gasteiger partial charge in [0.2, 0.25) is 0 Å². The van der Waals surface area contributed by atoms with Crippen molar-refractivity contribution in [1.29, 1.82) is 0 Å². The summed E-state index contributed by atoms with van der Waals surface area (Å²) in [6, 6.07) is 37.2. The Hall–Kier alpha value is -4.38. The second-order valence-corrected chi connectivity index (χ2v) is 17.2. The molecule has 57 heavy (non-hydrogen) atoms. The Kier molecular flexibility index (Phi) is 12.3. The highest BCUT2D eigenvalue weighted by molar-refractivity contribution is 5.89. The van der Waals surface area contributed by atoms with Crippen molar-refractivity contribution in [3.05, 3.63) is 142 Å². The van der Waals surface area contributed by atoms with Crippen molar-refractivity contribution >= 4 is 0 Å². The quantitative estimate of drug-likeness (QED) is 0.0867. The number of benzene rings is 5. The summed E-state index contributed by atoms with van der Waals surface area (Å²) >= 11 is 0. The summed E-state index contributed by atoms with van der Waals surface area (Å²) < 4.78 is 23.5. The maximum atomic E-state index is 6.17. The Morgan fingerprint density at radius 3 is 1.56 bits per heavy atom. The molecule has 0 unspecified atom stereocenters. The fourth-order valence-electron chi connectivity index (χ4n) is 9.20. The van der Waals surface area contributed by atoms with Gasteiger partial charge in [0.05, 0.1) is 18.6 Å². The summed E-state index contributed by atoms with van der Waals surface area (Å²) in [6.07, 6.45) is 6.97.